The first-order valence-corrected chi connectivity index (χ1v) is 10.1. The summed E-state index contributed by atoms with van der Waals surface area (Å²) in [5.74, 6) is -4.31. The molecule has 2 amide bonds. The zero-order chi connectivity index (χ0) is 25.9. The van der Waals surface area contributed by atoms with E-state index in [0.29, 0.717) is 11.6 Å². The van der Waals surface area contributed by atoms with Gasteiger partial charge in [-0.15, -0.1) is 0 Å². The minimum atomic E-state index is -4.62. The van der Waals surface area contributed by atoms with Crippen LogP contribution >= 0.6 is 11.6 Å². The third kappa shape index (κ3) is 6.64. The van der Waals surface area contributed by atoms with Crippen LogP contribution in [0.4, 0.5) is 33.5 Å². The lowest BCUT2D eigenvalue weighted by Gasteiger charge is -2.14. The van der Waals surface area contributed by atoms with E-state index in [2.05, 4.69) is 10.3 Å². The molecule has 0 saturated heterocycles. The summed E-state index contributed by atoms with van der Waals surface area (Å²) in [6.45, 7) is -1.56. The molecule has 0 spiro atoms. The van der Waals surface area contributed by atoms with Gasteiger partial charge in [-0.3, -0.25) is 9.59 Å². The molecule has 0 aliphatic heterocycles. The number of benzene rings is 2. The number of aromatic nitrogens is 1. The van der Waals surface area contributed by atoms with Crippen LogP contribution in [0, 0.1) is 11.6 Å². The molecular formula is C22H16ClF5N4O3. The van der Waals surface area contributed by atoms with E-state index in [4.69, 9.17) is 17.3 Å². The highest BCUT2D eigenvalue weighted by Gasteiger charge is 2.28. The van der Waals surface area contributed by atoms with Crippen LogP contribution in [0.5, 0.6) is 0 Å². The maximum atomic E-state index is 13.3. The minimum Gasteiger partial charge on any atom is -0.383 e. The Kier molecular flexibility index (Phi) is 7.56. The summed E-state index contributed by atoms with van der Waals surface area (Å²) < 4.78 is 63.8. The SMILES string of the molecule is Nc1ncc(-c2ccc(NC(=O)[C@H](O)c3cc(F)cc(F)c3)cc2Cl)cc1C(=O)NCC(F)(F)F. The van der Waals surface area contributed by atoms with Crippen LogP contribution in [0.15, 0.2) is 48.7 Å². The Hall–Kier alpha value is -3.77. The maximum absolute atomic E-state index is 13.3. The summed E-state index contributed by atoms with van der Waals surface area (Å²) in [4.78, 5) is 28.2. The second kappa shape index (κ2) is 10.2. The second-order valence-corrected chi connectivity index (χ2v) is 7.65. The van der Waals surface area contributed by atoms with E-state index in [-0.39, 0.29) is 33.2 Å². The Labute approximate surface area is 199 Å². The van der Waals surface area contributed by atoms with Gasteiger partial charge in [-0.05, 0) is 35.9 Å². The average Bonchev–Trinajstić information content (AvgIpc) is 2.76. The smallest absolute Gasteiger partial charge is 0.383 e. The van der Waals surface area contributed by atoms with Crippen molar-refractivity contribution in [3.05, 3.63) is 76.4 Å². The number of alkyl halides is 3. The number of carbonyl (C=O) groups excluding carboxylic acids is 2. The zero-order valence-electron chi connectivity index (χ0n) is 17.5. The number of aliphatic hydroxyl groups is 1. The largest absolute Gasteiger partial charge is 0.405 e. The molecule has 7 nitrogen and oxygen atoms in total. The van der Waals surface area contributed by atoms with Crippen molar-refractivity contribution in [1.29, 1.82) is 0 Å². The summed E-state index contributed by atoms with van der Waals surface area (Å²) in [6.07, 6.45) is -5.25. The fourth-order valence-electron chi connectivity index (χ4n) is 3.00. The maximum Gasteiger partial charge on any atom is 0.405 e. The van der Waals surface area contributed by atoms with Gasteiger partial charge in [0.2, 0.25) is 0 Å². The minimum absolute atomic E-state index is 0.0438. The van der Waals surface area contributed by atoms with E-state index in [1.54, 1.807) is 5.32 Å². The summed E-state index contributed by atoms with van der Waals surface area (Å²) >= 11 is 6.26. The van der Waals surface area contributed by atoms with Crippen LogP contribution in [-0.4, -0.2) is 34.6 Å². The van der Waals surface area contributed by atoms with Crippen molar-refractivity contribution < 1.29 is 36.6 Å². The van der Waals surface area contributed by atoms with Crippen LogP contribution in [0.25, 0.3) is 11.1 Å². The van der Waals surface area contributed by atoms with Crippen LogP contribution in [-0.2, 0) is 4.79 Å². The third-order valence-electron chi connectivity index (χ3n) is 4.61. The zero-order valence-corrected chi connectivity index (χ0v) is 18.2. The molecule has 0 saturated carbocycles. The van der Waals surface area contributed by atoms with Crippen molar-refractivity contribution in [2.75, 3.05) is 17.6 Å². The molecule has 1 aromatic heterocycles. The number of nitrogen functional groups attached to an aromatic ring is 1. The fourth-order valence-corrected chi connectivity index (χ4v) is 3.29. The monoisotopic (exact) mass is 514 g/mol. The molecule has 0 unspecified atom stereocenters. The van der Waals surface area contributed by atoms with Gasteiger partial charge in [0.1, 0.15) is 24.0 Å². The number of rotatable bonds is 6. The Morgan fingerprint density at radius 3 is 2.34 bits per heavy atom. The van der Waals surface area contributed by atoms with Crippen molar-refractivity contribution in [2.24, 2.45) is 0 Å². The van der Waals surface area contributed by atoms with Crippen LogP contribution < -0.4 is 16.4 Å². The number of carbonyl (C=O) groups is 2. The molecule has 0 aliphatic carbocycles. The van der Waals surface area contributed by atoms with Gasteiger partial charge in [0.25, 0.3) is 11.8 Å². The van der Waals surface area contributed by atoms with Crippen molar-refractivity contribution in [3.63, 3.8) is 0 Å². The lowest BCUT2D eigenvalue weighted by molar-refractivity contribution is -0.124. The van der Waals surface area contributed by atoms with Crippen molar-refractivity contribution in [3.8, 4) is 11.1 Å². The van der Waals surface area contributed by atoms with Gasteiger partial charge in [0.15, 0.2) is 6.10 Å². The van der Waals surface area contributed by atoms with Crippen molar-refractivity contribution >= 4 is 34.9 Å². The number of halogens is 6. The van der Waals surface area contributed by atoms with E-state index in [0.717, 1.165) is 12.1 Å². The Morgan fingerprint density at radius 2 is 1.74 bits per heavy atom. The Bertz CT molecular complexity index is 1270. The number of nitrogens with one attached hydrogen (secondary N) is 2. The summed E-state index contributed by atoms with van der Waals surface area (Å²) in [6, 6.07) is 7.47. The number of amides is 2. The highest BCUT2D eigenvalue weighted by Crippen LogP contribution is 2.32. The predicted molar refractivity (Wildman–Crippen MR) is 117 cm³/mol. The normalized spacial score (nSPS) is 12.2. The first kappa shape index (κ1) is 25.8. The average molecular weight is 515 g/mol. The molecule has 0 radical (unpaired) electrons. The van der Waals surface area contributed by atoms with Gasteiger partial charge in [-0.25, -0.2) is 13.8 Å². The second-order valence-electron chi connectivity index (χ2n) is 7.24. The molecule has 1 heterocycles. The predicted octanol–water partition coefficient (Wildman–Crippen LogP) is 4.23. The van der Waals surface area contributed by atoms with Crippen molar-refractivity contribution in [1.82, 2.24) is 10.3 Å². The van der Waals surface area contributed by atoms with Crippen LogP contribution in [0.3, 0.4) is 0 Å². The van der Waals surface area contributed by atoms with Gasteiger partial charge in [0, 0.05) is 29.1 Å². The van der Waals surface area contributed by atoms with E-state index in [1.165, 1.54) is 30.5 Å². The number of nitrogens with zero attached hydrogens (tertiary/aromatic N) is 1. The number of pyridine rings is 1. The first-order valence-electron chi connectivity index (χ1n) is 9.69. The number of hydrogen-bond donors (Lipinski definition) is 4. The summed E-state index contributed by atoms with van der Waals surface area (Å²) in [7, 11) is 0. The quantitative estimate of drug-likeness (QED) is 0.367. The standard InChI is InChI=1S/C22H16ClF5N4O3/c23-17-7-14(32-21(35)18(33)10-3-12(24)6-13(25)4-10)1-2-15(17)11-5-16(19(29)30-8-11)20(34)31-9-22(26,27)28/h1-8,18,33H,9H2,(H2,29,30)(H,31,34)(H,32,35)/t18-/m1/s1. The number of nitrogens with two attached hydrogens (primary N) is 1. The molecule has 35 heavy (non-hydrogen) atoms. The molecule has 1 atom stereocenters. The fraction of sp³-hybridized carbons (Fsp3) is 0.136. The molecular weight excluding hydrogens is 499 g/mol. The molecule has 13 heteroatoms. The highest BCUT2D eigenvalue weighted by molar-refractivity contribution is 6.33. The van der Waals surface area contributed by atoms with Crippen molar-refractivity contribution in [2.45, 2.75) is 12.3 Å². The highest BCUT2D eigenvalue weighted by atomic mass is 35.5. The summed E-state index contributed by atoms with van der Waals surface area (Å²) in [5.41, 5.74) is 5.68. The molecule has 0 fully saturated rings. The topological polar surface area (TPSA) is 117 Å². The number of anilines is 2. The van der Waals surface area contributed by atoms with E-state index >= 15 is 0 Å². The molecule has 5 N–H and O–H groups in total. The first-order chi connectivity index (χ1) is 16.3. The summed E-state index contributed by atoms with van der Waals surface area (Å²) in [5, 5.41) is 14.2. The lowest BCUT2D eigenvalue weighted by Crippen LogP contribution is -2.34. The molecule has 0 aliphatic rings. The van der Waals surface area contributed by atoms with Gasteiger partial charge in [-0.1, -0.05) is 17.7 Å². The van der Waals surface area contributed by atoms with Crippen LogP contribution in [0.1, 0.15) is 22.0 Å². The molecule has 184 valence electrons. The van der Waals surface area contributed by atoms with Crippen LogP contribution in [0.2, 0.25) is 5.02 Å². The van der Waals surface area contributed by atoms with Gasteiger partial charge in [-0.2, -0.15) is 13.2 Å². The molecule has 2 aromatic carbocycles. The lowest BCUT2D eigenvalue weighted by atomic mass is 10.0. The number of aliphatic hydroxyl groups excluding tert-OH is 1. The molecule has 3 rings (SSSR count). The third-order valence-corrected chi connectivity index (χ3v) is 4.92. The number of hydrogen-bond acceptors (Lipinski definition) is 5. The van der Waals surface area contributed by atoms with E-state index < -0.39 is 42.3 Å². The van der Waals surface area contributed by atoms with Gasteiger partial charge >= 0.3 is 6.18 Å². The van der Waals surface area contributed by atoms with Gasteiger partial charge < -0.3 is 21.5 Å². The van der Waals surface area contributed by atoms with E-state index in [1.807, 2.05) is 0 Å². The van der Waals surface area contributed by atoms with E-state index in [9.17, 15) is 36.6 Å². The molecule has 0 bridgehead atoms. The van der Waals surface area contributed by atoms with Gasteiger partial charge in [0.05, 0.1) is 10.6 Å². The Morgan fingerprint density at radius 1 is 1.09 bits per heavy atom. The molecule has 3 aromatic rings. The Balaban J connectivity index is 1.79.